The first-order chi connectivity index (χ1) is 6.34. The lowest BCUT2D eigenvalue weighted by Gasteiger charge is -2.24. The molecule has 0 saturated carbocycles. The molecule has 0 heterocycles. The molecule has 0 aromatic carbocycles. The molecule has 0 rings (SSSR count). The van der Waals surface area contributed by atoms with Crippen molar-refractivity contribution >= 4 is 0 Å². The Morgan fingerprint density at radius 2 is 1.21 bits per heavy atom. The smallest absolute Gasteiger partial charge is 0.0801 e. The van der Waals surface area contributed by atoms with Gasteiger partial charge in [0.15, 0.2) is 0 Å². The number of aliphatic hydroxyl groups excluding tert-OH is 2. The average molecular weight is 202 g/mol. The second-order valence-electron chi connectivity index (χ2n) is 5.22. The van der Waals surface area contributed by atoms with E-state index in [0.717, 1.165) is 0 Å². The summed E-state index contributed by atoms with van der Waals surface area (Å²) < 4.78 is 0. The van der Waals surface area contributed by atoms with Crippen molar-refractivity contribution in [1.29, 1.82) is 0 Å². The van der Waals surface area contributed by atoms with Gasteiger partial charge in [-0.3, -0.25) is 0 Å². The molecule has 86 valence electrons. The first-order valence-corrected chi connectivity index (χ1v) is 5.70. The predicted octanol–water partition coefficient (Wildman–Crippen LogP) is 2.44. The second kappa shape index (κ2) is 6.41. The molecule has 2 N–H and O–H groups in total. The molecule has 0 aliphatic carbocycles. The summed E-state index contributed by atoms with van der Waals surface area (Å²) in [5.74, 6) is 1.47. The summed E-state index contributed by atoms with van der Waals surface area (Å²) in [6.45, 7) is 10.5. The number of aliphatic hydroxyl groups is 2. The van der Waals surface area contributed by atoms with Crippen LogP contribution in [0.2, 0.25) is 0 Å². The van der Waals surface area contributed by atoms with E-state index in [9.17, 15) is 10.2 Å². The standard InChI is InChI=1S/C12H26O2/c1-8(2)6-11(13)12(14)7-10(5)9(3)4/h8-14H,6-7H2,1-5H3/t10-,11+,12-/m0/s1. The highest BCUT2D eigenvalue weighted by atomic mass is 16.3. The summed E-state index contributed by atoms with van der Waals surface area (Å²) in [5, 5.41) is 19.4. The van der Waals surface area contributed by atoms with Crippen LogP contribution in [0, 0.1) is 17.8 Å². The van der Waals surface area contributed by atoms with Crippen molar-refractivity contribution in [3.05, 3.63) is 0 Å². The monoisotopic (exact) mass is 202 g/mol. The van der Waals surface area contributed by atoms with Gasteiger partial charge in [0, 0.05) is 0 Å². The van der Waals surface area contributed by atoms with Crippen LogP contribution in [0.25, 0.3) is 0 Å². The van der Waals surface area contributed by atoms with E-state index in [1.165, 1.54) is 0 Å². The summed E-state index contributed by atoms with van der Waals surface area (Å²) in [6, 6.07) is 0. The van der Waals surface area contributed by atoms with E-state index in [1.54, 1.807) is 0 Å². The van der Waals surface area contributed by atoms with Gasteiger partial charge in [-0.25, -0.2) is 0 Å². The fourth-order valence-corrected chi connectivity index (χ4v) is 1.45. The van der Waals surface area contributed by atoms with Crippen molar-refractivity contribution in [2.75, 3.05) is 0 Å². The zero-order valence-corrected chi connectivity index (χ0v) is 10.2. The average Bonchev–Trinajstić information content (AvgIpc) is 2.02. The molecular formula is C12H26O2. The summed E-state index contributed by atoms with van der Waals surface area (Å²) in [6.07, 6.45) is 0.267. The fourth-order valence-electron chi connectivity index (χ4n) is 1.45. The molecular weight excluding hydrogens is 176 g/mol. The molecule has 14 heavy (non-hydrogen) atoms. The largest absolute Gasteiger partial charge is 0.390 e. The number of hydrogen-bond acceptors (Lipinski definition) is 2. The maximum absolute atomic E-state index is 9.74. The molecule has 0 aromatic heterocycles. The topological polar surface area (TPSA) is 40.5 Å². The van der Waals surface area contributed by atoms with Crippen molar-refractivity contribution in [3.8, 4) is 0 Å². The Hall–Kier alpha value is -0.0800. The SMILES string of the molecule is CC(C)C[C@@H](O)[C@@H](O)C[C@H](C)C(C)C. The van der Waals surface area contributed by atoms with E-state index < -0.39 is 12.2 Å². The Morgan fingerprint density at radius 3 is 1.57 bits per heavy atom. The molecule has 3 atom stereocenters. The highest BCUT2D eigenvalue weighted by molar-refractivity contribution is 4.72. The van der Waals surface area contributed by atoms with E-state index in [1.807, 2.05) is 0 Å². The summed E-state index contributed by atoms with van der Waals surface area (Å²) in [7, 11) is 0. The first kappa shape index (κ1) is 13.9. The Labute approximate surface area is 88.3 Å². The fraction of sp³-hybridized carbons (Fsp3) is 1.00. The maximum Gasteiger partial charge on any atom is 0.0801 e. The van der Waals surface area contributed by atoms with Gasteiger partial charge in [-0.15, -0.1) is 0 Å². The van der Waals surface area contributed by atoms with E-state index in [0.29, 0.717) is 30.6 Å². The highest BCUT2D eigenvalue weighted by Gasteiger charge is 2.21. The van der Waals surface area contributed by atoms with Crippen LogP contribution in [-0.4, -0.2) is 22.4 Å². The van der Waals surface area contributed by atoms with E-state index in [-0.39, 0.29) is 0 Å². The van der Waals surface area contributed by atoms with E-state index in [2.05, 4.69) is 34.6 Å². The van der Waals surface area contributed by atoms with Gasteiger partial charge in [0.1, 0.15) is 0 Å². The van der Waals surface area contributed by atoms with Crippen molar-refractivity contribution in [2.45, 2.75) is 59.7 Å². The van der Waals surface area contributed by atoms with Crippen LogP contribution in [0.15, 0.2) is 0 Å². The minimum atomic E-state index is -0.560. The van der Waals surface area contributed by atoms with Crippen LogP contribution in [0.4, 0.5) is 0 Å². The van der Waals surface area contributed by atoms with Gasteiger partial charge in [0.25, 0.3) is 0 Å². The first-order valence-electron chi connectivity index (χ1n) is 5.70. The van der Waals surface area contributed by atoms with Gasteiger partial charge in [-0.2, -0.15) is 0 Å². The minimum absolute atomic E-state index is 0.439. The number of hydrogen-bond donors (Lipinski definition) is 2. The van der Waals surface area contributed by atoms with Crippen LogP contribution in [0.3, 0.4) is 0 Å². The van der Waals surface area contributed by atoms with Crippen molar-refractivity contribution in [3.63, 3.8) is 0 Å². The van der Waals surface area contributed by atoms with Crippen LogP contribution in [0.1, 0.15) is 47.5 Å². The van der Waals surface area contributed by atoms with Gasteiger partial charge in [-0.05, 0) is 30.6 Å². The molecule has 0 radical (unpaired) electrons. The number of rotatable bonds is 6. The second-order valence-corrected chi connectivity index (χ2v) is 5.22. The lowest BCUT2D eigenvalue weighted by molar-refractivity contribution is -0.00782. The van der Waals surface area contributed by atoms with Crippen LogP contribution >= 0.6 is 0 Å². The Balaban J connectivity index is 3.88. The Bertz CT molecular complexity index is 143. The molecule has 0 aromatic rings. The maximum atomic E-state index is 9.74. The molecule has 0 saturated heterocycles. The van der Waals surface area contributed by atoms with Crippen molar-refractivity contribution in [1.82, 2.24) is 0 Å². The third-order valence-electron chi connectivity index (χ3n) is 2.91. The molecule has 0 aliphatic heterocycles. The zero-order chi connectivity index (χ0) is 11.3. The van der Waals surface area contributed by atoms with Gasteiger partial charge >= 0.3 is 0 Å². The summed E-state index contributed by atoms with van der Waals surface area (Å²) >= 11 is 0. The molecule has 0 spiro atoms. The quantitative estimate of drug-likeness (QED) is 0.694. The van der Waals surface area contributed by atoms with Gasteiger partial charge in [0.2, 0.25) is 0 Å². The third kappa shape index (κ3) is 5.61. The Morgan fingerprint density at radius 1 is 0.786 bits per heavy atom. The highest BCUT2D eigenvalue weighted by Crippen LogP contribution is 2.19. The minimum Gasteiger partial charge on any atom is -0.390 e. The Kier molecular flexibility index (Phi) is 6.38. The van der Waals surface area contributed by atoms with Crippen LogP contribution < -0.4 is 0 Å². The third-order valence-corrected chi connectivity index (χ3v) is 2.91. The molecule has 0 fully saturated rings. The zero-order valence-electron chi connectivity index (χ0n) is 10.2. The normalized spacial score (nSPS) is 18.6. The van der Waals surface area contributed by atoms with E-state index in [4.69, 9.17) is 0 Å². The van der Waals surface area contributed by atoms with Gasteiger partial charge < -0.3 is 10.2 Å². The predicted molar refractivity (Wildman–Crippen MR) is 60.1 cm³/mol. The van der Waals surface area contributed by atoms with Crippen LogP contribution in [0.5, 0.6) is 0 Å². The van der Waals surface area contributed by atoms with Gasteiger partial charge in [0.05, 0.1) is 12.2 Å². The van der Waals surface area contributed by atoms with Crippen molar-refractivity contribution in [2.24, 2.45) is 17.8 Å². The van der Waals surface area contributed by atoms with E-state index >= 15 is 0 Å². The lowest BCUT2D eigenvalue weighted by atomic mass is 9.89. The molecule has 0 bridgehead atoms. The van der Waals surface area contributed by atoms with Crippen molar-refractivity contribution < 1.29 is 10.2 Å². The molecule has 0 unspecified atom stereocenters. The van der Waals surface area contributed by atoms with Gasteiger partial charge in [-0.1, -0.05) is 34.6 Å². The summed E-state index contributed by atoms with van der Waals surface area (Å²) in [5.41, 5.74) is 0. The lowest BCUT2D eigenvalue weighted by Crippen LogP contribution is -2.30. The molecule has 0 aliphatic rings. The molecule has 2 heteroatoms. The van der Waals surface area contributed by atoms with Crippen LogP contribution in [-0.2, 0) is 0 Å². The molecule has 0 amide bonds. The summed E-state index contributed by atoms with van der Waals surface area (Å²) in [4.78, 5) is 0. The molecule has 2 nitrogen and oxygen atoms in total.